The molecule has 1 atom stereocenters. The average molecular weight is 262 g/mol. The summed E-state index contributed by atoms with van der Waals surface area (Å²) in [6.07, 6.45) is -0.380. The third-order valence-corrected chi connectivity index (χ3v) is 3.65. The summed E-state index contributed by atoms with van der Waals surface area (Å²) in [6.45, 7) is 7.90. The number of hydrogen-bond acceptors (Lipinski definition) is 4. The number of rotatable bonds is 2. The molecule has 2 rings (SSSR count). The monoisotopic (exact) mass is 262 g/mol. The van der Waals surface area contributed by atoms with Gasteiger partial charge in [-0.05, 0) is 45.0 Å². The highest BCUT2D eigenvalue weighted by Gasteiger charge is 2.31. The van der Waals surface area contributed by atoms with Gasteiger partial charge in [-0.25, -0.2) is 0 Å². The number of carbonyl (C=O) groups is 1. The molecule has 1 heterocycles. The molecule has 0 aliphatic carbocycles. The number of nitrogens with zero attached hydrogens (tertiary/aromatic N) is 1. The SMILES string of the molecule is CC(=O)c1ccc(N2CC(O)CNCC2(C)C)cc1. The molecule has 0 aromatic heterocycles. The van der Waals surface area contributed by atoms with E-state index in [1.54, 1.807) is 6.92 Å². The molecule has 19 heavy (non-hydrogen) atoms. The van der Waals surface area contributed by atoms with Crippen LogP contribution in [0.2, 0.25) is 0 Å². The van der Waals surface area contributed by atoms with Crippen LogP contribution in [0.5, 0.6) is 0 Å². The van der Waals surface area contributed by atoms with Crippen molar-refractivity contribution in [2.45, 2.75) is 32.4 Å². The van der Waals surface area contributed by atoms with Crippen molar-refractivity contribution >= 4 is 11.5 Å². The van der Waals surface area contributed by atoms with Gasteiger partial charge in [0.2, 0.25) is 0 Å². The minimum atomic E-state index is -0.380. The fourth-order valence-corrected chi connectivity index (χ4v) is 2.49. The number of carbonyl (C=O) groups excluding carboxylic acids is 1. The predicted molar refractivity (Wildman–Crippen MR) is 76.7 cm³/mol. The minimum absolute atomic E-state index is 0.0726. The molecule has 4 nitrogen and oxygen atoms in total. The van der Waals surface area contributed by atoms with Gasteiger partial charge in [-0.2, -0.15) is 0 Å². The van der Waals surface area contributed by atoms with E-state index >= 15 is 0 Å². The maximum Gasteiger partial charge on any atom is 0.159 e. The molecular weight excluding hydrogens is 240 g/mol. The maximum absolute atomic E-state index is 11.3. The lowest BCUT2D eigenvalue weighted by molar-refractivity contribution is 0.101. The lowest BCUT2D eigenvalue weighted by Gasteiger charge is -2.39. The highest BCUT2D eigenvalue weighted by molar-refractivity contribution is 5.94. The van der Waals surface area contributed by atoms with E-state index in [2.05, 4.69) is 24.1 Å². The van der Waals surface area contributed by atoms with Gasteiger partial charge in [0.15, 0.2) is 5.78 Å². The summed E-state index contributed by atoms with van der Waals surface area (Å²) in [5, 5.41) is 13.2. The summed E-state index contributed by atoms with van der Waals surface area (Å²) < 4.78 is 0. The molecule has 1 unspecified atom stereocenters. The number of benzene rings is 1. The standard InChI is InChI=1S/C15H22N2O2/c1-11(18)12-4-6-13(7-5-12)17-9-14(19)8-16-10-15(17,2)3/h4-7,14,16,19H,8-10H2,1-3H3. The molecule has 1 aliphatic heterocycles. The van der Waals surface area contributed by atoms with E-state index in [1.807, 2.05) is 24.3 Å². The number of hydrogen-bond donors (Lipinski definition) is 2. The van der Waals surface area contributed by atoms with Gasteiger partial charge in [0, 0.05) is 36.4 Å². The Kier molecular flexibility index (Phi) is 3.92. The van der Waals surface area contributed by atoms with Crippen LogP contribution in [0.3, 0.4) is 0 Å². The van der Waals surface area contributed by atoms with E-state index in [0.717, 1.165) is 17.8 Å². The molecule has 1 aliphatic rings. The molecule has 104 valence electrons. The van der Waals surface area contributed by atoms with Gasteiger partial charge in [0.05, 0.1) is 6.10 Å². The van der Waals surface area contributed by atoms with Crippen molar-refractivity contribution in [1.29, 1.82) is 0 Å². The molecule has 0 bridgehead atoms. The average Bonchev–Trinajstić information content (AvgIpc) is 2.48. The molecular formula is C15H22N2O2. The molecule has 2 N–H and O–H groups in total. The first-order chi connectivity index (χ1) is 8.90. The summed E-state index contributed by atoms with van der Waals surface area (Å²) in [6, 6.07) is 7.60. The van der Waals surface area contributed by atoms with E-state index in [0.29, 0.717) is 13.1 Å². The van der Waals surface area contributed by atoms with Gasteiger partial charge >= 0.3 is 0 Å². The van der Waals surface area contributed by atoms with E-state index in [-0.39, 0.29) is 17.4 Å². The highest BCUT2D eigenvalue weighted by atomic mass is 16.3. The summed E-state index contributed by atoms with van der Waals surface area (Å²) >= 11 is 0. The molecule has 4 heteroatoms. The number of Topliss-reactive ketones (excluding diaryl/α,β-unsaturated/α-hetero) is 1. The number of anilines is 1. The number of aliphatic hydroxyl groups excluding tert-OH is 1. The molecule has 1 aromatic rings. The van der Waals surface area contributed by atoms with Crippen molar-refractivity contribution in [3.8, 4) is 0 Å². The lowest BCUT2D eigenvalue weighted by Crippen LogP contribution is -2.49. The zero-order chi connectivity index (χ0) is 14.0. The Balaban J connectivity index is 2.28. The summed E-state index contributed by atoms with van der Waals surface area (Å²) in [7, 11) is 0. The van der Waals surface area contributed by atoms with E-state index < -0.39 is 0 Å². The fraction of sp³-hybridized carbons (Fsp3) is 0.533. The largest absolute Gasteiger partial charge is 0.390 e. The second kappa shape index (κ2) is 5.31. The number of aliphatic hydroxyl groups is 1. The molecule has 0 saturated carbocycles. The van der Waals surface area contributed by atoms with Gasteiger partial charge in [0.25, 0.3) is 0 Å². The Morgan fingerprint density at radius 2 is 2.00 bits per heavy atom. The lowest BCUT2D eigenvalue weighted by atomic mass is 10.0. The molecule has 0 amide bonds. The van der Waals surface area contributed by atoms with Crippen LogP contribution in [0, 0.1) is 0 Å². The van der Waals surface area contributed by atoms with Crippen molar-refractivity contribution in [3.63, 3.8) is 0 Å². The number of β-amino-alcohol motifs (C(OH)–C–C–N with tert-alkyl or cyclic N) is 1. The highest BCUT2D eigenvalue weighted by Crippen LogP contribution is 2.26. The first kappa shape index (κ1) is 14.0. The van der Waals surface area contributed by atoms with Crippen molar-refractivity contribution in [2.75, 3.05) is 24.5 Å². The quantitative estimate of drug-likeness (QED) is 0.792. The summed E-state index contributed by atoms with van der Waals surface area (Å²) in [4.78, 5) is 13.5. The molecule has 0 spiro atoms. The van der Waals surface area contributed by atoms with Gasteiger partial charge in [-0.15, -0.1) is 0 Å². The van der Waals surface area contributed by atoms with Crippen LogP contribution in [0.25, 0.3) is 0 Å². The topological polar surface area (TPSA) is 52.6 Å². The normalized spacial score (nSPS) is 22.9. The fourth-order valence-electron chi connectivity index (χ4n) is 2.49. The summed E-state index contributed by atoms with van der Waals surface area (Å²) in [5.41, 5.74) is 1.68. The van der Waals surface area contributed by atoms with Crippen LogP contribution >= 0.6 is 0 Å². The van der Waals surface area contributed by atoms with Crippen LogP contribution < -0.4 is 10.2 Å². The second-order valence-corrected chi connectivity index (χ2v) is 5.81. The second-order valence-electron chi connectivity index (χ2n) is 5.81. The third-order valence-electron chi connectivity index (χ3n) is 3.65. The van der Waals surface area contributed by atoms with Crippen LogP contribution in [-0.2, 0) is 0 Å². The van der Waals surface area contributed by atoms with Crippen molar-refractivity contribution in [3.05, 3.63) is 29.8 Å². The number of ketones is 1. The van der Waals surface area contributed by atoms with E-state index in [9.17, 15) is 9.90 Å². The molecule has 0 radical (unpaired) electrons. The zero-order valence-electron chi connectivity index (χ0n) is 11.8. The summed E-state index contributed by atoms with van der Waals surface area (Å²) in [5.74, 6) is 0.0726. The Labute approximate surface area is 114 Å². The van der Waals surface area contributed by atoms with Gasteiger partial charge < -0.3 is 15.3 Å². The first-order valence-electron chi connectivity index (χ1n) is 6.67. The zero-order valence-corrected chi connectivity index (χ0v) is 11.8. The van der Waals surface area contributed by atoms with Gasteiger partial charge in [-0.3, -0.25) is 4.79 Å². The third kappa shape index (κ3) is 3.14. The Hall–Kier alpha value is -1.39. The van der Waals surface area contributed by atoms with E-state index in [4.69, 9.17) is 0 Å². The van der Waals surface area contributed by atoms with Crippen LogP contribution in [0.4, 0.5) is 5.69 Å². The first-order valence-corrected chi connectivity index (χ1v) is 6.67. The van der Waals surface area contributed by atoms with Crippen molar-refractivity contribution in [2.24, 2.45) is 0 Å². The Bertz CT molecular complexity index is 454. The van der Waals surface area contributed by atoms with Crippen LogP contribution in [0.15, 0.2) is 24.3 Å². The van der Waals surface area contributed by atoms with Gasteiger partial charge in [-0.1, -0.05) is 0 Å². The minimum Gasteiger partial charge on any atom is -0.390 e. The van der Waals surface area contributed by atoms with E-state index in [1.165, 1.54) is 0 Å². The molecule has 1 aromatic carbocycles. The molecule has 1 saturated heterocycles. The van der Waals surface area contributed by atoms with Crippen molar-refractivity contribution < 1.29 is 9.90 Å². The van der Waals surface area contributed by atoms with Crippen LogP contribution in [0.1, 0.15) is 31.1 Å². The molecule has 1 fully saturated rings. The smallest absolute Gasteiger partial charge is 0.159 e. The van der Waals surface area contributed by atoms with Gasteiger partial charge in [0.1, 0.15) is 0 Å². The Morgan fingerprint density at radius 3 is 2.58 bits per heavy atom. The Morgan fingerprint density at radius 1 is 1.37 bits per heavy atom. The van der Waals surface area contributed by atoms with Crippen molar-refractivity contribution in [1.82, 2.24) is 5.32 Å². The predicted octanol–water partition coefficient (Wildman–Crippen LogP) is 1.44. The maximum atomic E-state index is 11.3. The van der Waals surface area contributed by atoms with Crippen LogP contribution in [-0.4, -0.2) is 42.2 Å². The number of nitrogens with one attached hydrogen (secondary N) is 1.